The van der Waals surface area contributed by atoms with Gasteiger partial charge in [-0.15, -0.1) is 0 Å². The van der Waals surface area contributed by atoms with Crippen molar-refractivity contribution in [1.29, 1.82) is 0 Å². The SMILES string of the molecule is CSCCC(N)C(=O)NC(Cc1ccccc1)C(=O)NC(C)C(=O)NC(CCCN=C(N)N)C(=O)O. The zero-order chi connectivity index (χ0) is 27.1. The largest absolute Gasteiger partial charge is 0.480 e. The number of amides is 3. The molecule has 12 nitrogen and oxygen atoms in total. The number of carboxylic acid groups (broad SMARTS) is 1. The van der Waals surface area contributed by atoms with Crippen molar-refractivity contribution in [2.75, 3.05) is 18.6 Å². The molecule has 200 valence electrons. The molecule has 4 atom stereocenters. The minimum atomic E-state index is -1.22. The van der Waals surface area contributed by atoms with E-state index in [-0.39, 0.29) is 25.3 Å². The number of aliphatic carboxylic acids is 1. The molecule has 0 spiro atoms. The lowest BCUT2D eigenvalue weighted by Gasteiger charge is -2.23. The summed E-state index contributed by atoms with van der Waals surface area (Å²) < 4.78 is 0. The topological polar surface area (TPSA) is 215 Å². The molecule has 1 aromatic rings. The fraction of sp³-hybridized carbons (Fsp3) is 0.522. The number of rotatable bonds is 16. The number of carbonyl (C=O) groups is 4. The van der Waals surface area contributed by atoms with Gasteiger partial charge in [-0.3, -0.25) is 19.4 Å². The summed E-state index contributed by atoms with van der Waals surface area (Å²) in [5, 5.41) is 17.1. The molecular formula is C23H37N7O5S. The second kappa shape index (κ2) is 16.4. The van der Waals surface area contributed by atoms with E-state index in [0.717, 1.165) is 5.56 Å². The Hall–Kier alpha value is -3.32. The maximum absolute atomic E-state index is 13.0. The van der Waals surface area contributed by atoms with Crippen molar-refractivity contribution in [2.45, 2.75) is 56.8 Å². The van der Waals surface area contributed by atoms with Gasteiger partial charge in [0.25, 0.3) is 0 Å². The highest BCUT2D eigenvalue weighted by Gasteiger charge is 2.28. The maximum Gasteiger partial charge on any atom is 0.326 e. The number of guanidine groups is 1. The van der Waals surface area contributed by atoms with Crippen LogP contribution in [0.15, 0.2) is 35.3 Å². The number of carboxylic acids is 1. The van der Waals surface area contributed by atoms with Crippen LogP contribution >= 0.6 is 11.8 Å². The molecule has 0 aliphatic carbocycles. The fourth-order valence-electron chi connectivity index (χ4n) is 3.15. The smallest absolute Gasteiger partial charge is 0.326 e. The molecule has 0 heterocycles. The molecule has 0 radical (unpaired) electrons. The first-order valence-electron chi connectivity index (χ1n) is 11.5. The summed E-state index contributed by atoms with van der Waals surface area (Å²) in [6.45, 7) is 1.64. The van der Waals surface area contributed by atoms with Crippen LogP contribution in [0.2, 0.25) is 0 Å². The van der Waals surface area contributed by atoms with Crippen LogP contribution in [0.5, 0.6) is 0 Å². The number of nitrogens with zero attached hydrogens (tertiary/aromatic N) is 1. The molecule has 13 heteroatoms. The van der Waals surface area contributed by atoms with Crippen LogP contribution in [0, 0.1) is 0 Å². The van der Waals surface area contributed by atoms with E-state index < -0.39 is 47.9 Å². The Kier molecular flexibility index (Phi) is 14.0. The van der Waals surface area contributed by atoms with Crippen LogP contribution in [0.4, 0.5) is 0 Å². The van der Waals surface area contributed by atoms with Crippen LogP contribution in [0.3, 0.4) is 0 Å². The third kappa shape index (κ3) is 11.9. The van der Waals surface area contributed by atoms with Gasteiger partial charge in [0, 0.05) is 13.0 Å². The number of aliphatic imine (C=N–C) groups is 1. The number of carbonyl (C=O) groups excluding carboxylic acids is 3. The van der Waals surface area contributed by atoms with Gasteiger partial charge >= 0.3 is 5.97 Å². The minimum absolute atomic E-state index is 0.0964. The van der Waals surface area contributed by atoms with Gasteiger partial charge in [0.1, 0.15) is 18.1 Å². The molecule has 0 aliphatic rings. The summed E-state index contributed by atoms with van der Waals surface area (Å²) in [5.41, 5.74) is 17.2. The predicted octanol–water partition coefficient (Wildman–Crippen LogP) is -1.08. The lowest BCUT2D eigenvalue weighted by atomic mass is 10.0. The molecule has 36 heavy (non-hydrogen) atoms. The van der Waals surface area contributed by atoms with Crippen molar-refractivity contribution in [1.82, 2.24) is 16.0 Å². The Morgan fingerprint density at radius 1 is 0.972 bits per heavy atom. The molecule has 0 aromatic heterocycles. The van der Waals surface area contributed by atoms with Gasteiger partial charge in [-0.05, 0) is 43.8 Å². The monoisotopic (exact) mass is 523 g/mol. The second-order valence-electron chi connectivity index (χ2n) is 8.22. The Balaban J connectivity index is 2.82. The predicted molar refractivity (Wildman–Crippen MR) is 140 cm³/mol. The van der Waals surface area contributed by atoms with Gasteiger partial charge < -0.3 is 38.3 Å². The van der Waals surface area contributed by atoms with Gasteiger partial charge in [-0.25, -0.2) is 4.79 Å². The Bertz CT molecular complexity index is 896. The van der Waals surface area contributed by atoms with E-state index in [0.29, 0.717) is 18.6 Å². The van der Waals surface area contributed by atoms with Crippen molar-refractivity contribution < 1.29 is 24.3 Å². The molecule has 3 amide bonds. The number of hydrogen-bond acceptors (Lipinski definition) is 7. The summed E-state index contributed by atoms with van der Waals surface area (Å²) in [4.78, 5) is 53.5. The van der Waals surface area contributed by atoms with E-state index in [1.165, 1.54) is 6.92 Å². The number of nitrogens with one attached hydrogen (secondary N) is 3. The summed E-state index contributed by atoms with van der Waals surface area (Å²) in [5.74, 6) is -2.38. The van der Waals surface area contributed by atoms with Crippen LogP contribution in [0.25, 0.3) is 0 Å². The first kappa shape index (κ1) is 30.7. The van der Waals surface area contributed by atoms with Crippen molar-refractivity contribution in [3.8, 4) is 0 Å². The number of thioether (sulfide) groups is 1. The van der Waals surface area contributed by atoms with Crippen molar-refractivity contribution in [3.05, 3.63) is 35.9 Å². The quantitative estimate of drug-likeness (QED) is 0.0795. The van der Waals surface area contributed by atoms with Gasteiger partial charge in [0.15, 0.2) is 5.96 Å². The average molecular weight is 524 g/mol. The zero-order valence-corrected chi connectivity index (χ0v) is 21.4. The Morgan fingerprint density at radius 2 is 1.61 bits per heavy atom. The van der Waals surface area contributed by atoms with Crippen molar-refractivity contribution in [2.24, 2.45) is 22.2 Å². The van der Waals surface area contributed by atoms with E-state index in [9.17, 15) is 24.3 Å². The molecule has 1 aromatic carbocycles. The molecule has 0 saturated carbocycles. The van der Waals surface area contributed by atoms with Crippen LogP contribution in [-0.4, -0.2) is 77.5 Å². The van der Waals surface area contributed by atoms with Gasteiger partial charge in [-0.1, -0.05) is 30.3 Å². The van der Waals surface area contributed by atoms with E-state index in [4.69, 9.17) is 17.2 Å². The highest BCUT2D eigenvalue weighted by atomic mass is 32.2. The minimum Gasteiger partial charge on any atom is -0.480 e. The van der Waals surface area contributed by atoms with Gasteiger partial charge in [0.05, 0.1) is 6.04 Å². The van der Waals surface area contributed by atoms with Crippen LogP contribution in [-0.2, 0) is 25.6 Å². The molecule has 0 aliphatic heterocycles. The van der Waals surface area contributed by atoms with Gasteiger partial charge in [-0.2, -0.15) is 11.8 Å². The summed E-state index contributed by atoms with van der Waals surface area (Å²) in [7, 11) is 0. The Morgan fingerprint density at radius 3 is 2.19 bits per heavy atom. The van der Waals surface area contributed by atoms with E-state index >= 15 is 0 Å². The molecule has 0 bridgehead atoms. The second-order valence-corrected chi connectivity index (χ2v) is 9.20. The summed E-state index contributed by atoms with van der Waals surface area (Å²) in [6.07, 6.45) is 2.97. The standard InChI is InChI=1S/C23H37N7O5S/c1-14(19(31)29-17(22(34)35)9-6-11-27-23(25)26)28-21(33)18(13-15-7-4-3-5-8-15)30-20(32)16(24)10-12-36-2/h3-5,7-8,14,16-18H,6,9-13,24H2,1-2H3,(H,28,33)(H,29,31)(H,30,32)(H,34,35)(H4,25,26,27). The third-order valence-corrected chi connectivity index (χ3v) is 5.84. The molecule has 0 saturated heterocycles. The average Bonchev–Trinajstić information content (AvgIpc) is 2.83. The van der Waals surface area contributed by atoms with Crippen LogP contribution < -0.4 is 33.2 Å². The lowest BCUT2D eigenvalue weighted by molar-refractivity contribution is -0.142. The van der Waals surface area contributed by atoms with E-state index in [1.54, 1.807) is 11.8 Å². The van der Waals surface area contributed by atoms with Crippen molar-refractivity contribution >= 4 is 41.4 Å². The van der Waals surface area contributed by atoms with Crippen molar-refractivity contribution in [3.63, 3.8) is 0 Å². The highest BCUT2D eigenvalue weighted by Crippen LogP contribution is 2.06. The molecule has 0 fully saturated rings. The van der Waals surface area contributed by atoms with E-state index in [2.05, 4.69) is 20.9 Å². The normalized spacial score (nSPS) is 14.0. The van der Waals surface area contributed by atoms with Gasteiger partial charge in [0.2, 0.25) is 17.7 Å². The molecule has 10 N–H and O–H groups in total. The van der Waals surface area contributed by atoms with Crippen LogP contribution in [0.1, 0.15) is 31.7 Å². The number of nitrogens with two attached hydrogens (primary N) is 3. The maximum atomic E-state index is 13.0. The summed E-state index contributed by atoms with van der Waals surface area (Å²) in [6, 6.07) is 5.09. The molecule has 4 unspecified atom stereocenters. The lowest BCUT2D eigenvalue weighted by Crippen LogP contribution is -2.56. The fourth-order valence-corrected chi connectivity index (χ4v) is 3.64. The highest BCUT2D eigenvalue weighted by molar-refractivity contribution is 7.98. The molecule has 1 rings (SSSR count). The summed E-state index contributed by atoms with van der Waals surface area (Å²) >= 11 is 1.56. The molecular weight excluding hydrogens is 486 g/mol. The number of benzene rings is 1. The number of hydrogen-bond donors (Lipinski definition) is 7. The first-order chi connectivity index (χ1) is 17.0. The Labute approximate surface area is 215 Å². The third-order valence-electron chi connectivity index (χ3n) is 5.20. The zero-order valence-electron chi connectivity index (χ0n) is 20.6. The van der Waals surface area contributed by atoms with E-state index in [1.807, 2.05) is 36.6 Å². The first-order valence-corrected chi connectivity index (χ1v) is 12.9.